The van der Waals surface area contributed by atoms with Gasteiger partial charge in [0.25, 0.3) is 0 Å². The second-order valence-electron chi connectivity index (χ2n) is 5.13. The van der Waals surface area contributed by atoms with E-state index in [0.717, 1.165) is 24.6 Å². The molecule has 0 aliphatic heterocycles. The van der Waals surface area contributed by atoms with Crippen molar-refractivity contribution in [1.82, 2.24) is 0 Å². The summed E-state index contributed by atoms with van der Waals surface area (Å²) in [6.45, 7) is 5.31. The molecule has 0 saturated heterocycles. The fourth-order valence-corrected chi connectivity index (χ4v) is 1.97. The maximum atomic E-state index is 5.84. The van der Waals surface area contributed by atoms with Crippen molar-refractivity contribution in [1.29, 1.82) is 0 Å². The lowest BCUT2D eigenvalue weighted by molar-refractivity contribution is 0.413. The Morgan fingerprint density at radius 2 is 1.76 bits per heavy atom. The molecule has 2 N–H and O–H groups in total. The molecule has 0 fully saturated rings. The maximum Gasteiger partial charge on any atom is 0.118 e. The molecule has 1 aromatic carbocycles. The molecule has 0 aromatic heterocycles. The van der Waals surface area contributed by atoms with E-state index in [0.29, 0.717) is 5.92 Å². The van der Waals surface area contributed by atoms with E-state index in [2.05, 4.69) is 26.0 Å². The van der Waals surface area contributed by atoms with Crippen LogP contribution in [0.2, 0.25) is 0 Å². The van der Waals surface area contributed by atoms with Crippen LogP contribution in [0.25, 0.3) is 0 Å². The van der Waals surface area contributed by atoms with Crippen LogP contribution in [0.1, 0.15) is 32.3 Å². The Hall–Kier alpha value is -1.02. The number of benzene rings is 1. The van der Waals surface area contributed by atoms with E-state index in [1.54, 1.807) is 7.11 Å². The van der Waals surface area contributed by atoms with E-state index in [-0.39, 0.29) is 0 Å². The quantitative estimate of drug-likeness (QED) is 0.787. The Morgan fingerprint density at radius 3 is 2.24 bits per heavy atom. The Morgan fingerprint density at radius 1 is 1.12 bits per heavy atom. The molecule has 0 spiro atoms. The van der Waals surface area contributed by atoms with E-state index in [4.69, 9.17) is 10.5 Å². The van der Waals surface area contributed by atoms with Gasteiger partial charge in [-0.25, -0.2) is 0 Å². The second kappa shape index (κ2) is 7.33. The zero-order chi connectivity index (χ0) is 12.7. The van der Waals surface area contributed by atoms with Crippen molar-refractivity contribution < 1.29 is 4.74 Å². The lowest BCUT2D eigenvalue weighted by Crippen LogP contribution is -2.17. The molecule has 1 rings (SSSR count). The van der Waals surface area contributed by atoms with E-state index >= 15 is 0 Å². The molecule has 2 heteroatoms. The zero-order valence-electron chi connectivity index (χ0n) is 11.3. The van der Waals surface area contributed by atoms with Gasteiger partial charge < -0.3 is 10.5 Å². The summed E-state index contributed by atoms with van der Waals surface area (Å²) in [5.41, 5.74) is 7.19. The minimum absolute atomic E-state index is 0.603. The van der Waals surface area contributed by atoms with Gasteiger partial charge in [-0.1, -0.05) is 32.4 Å². The fraction of sp³-hybridized carbons (Fsp3) is 0.600. The number of ether oxygens (including phenoxy) is 1. The highest BCUT2D eigenvalue weighted by atomic mass is 16.5. The van der Waals surface area contributed by atoms with Gasteiger partial charge in [0.15, 0.2) is 0 Å². The minimum atomic E-state index is 0.603. The standard InChI is InChI=1S/C15H25NO/c1-12(2)4-5-14(11-16)10-13-6-8-15(17-3)9-7-13/h6-9,12,14H,4-5,10-11,16H2,1-3H3. The van der Waals surface area contributed by atoms with E-state index in [1.165, 1.54) is 18.4 Å². The third kappa shape index (κ3) is 5.22. The van der Waals surface area contributed by atoms with Crippen molar-refractivity contribution in [2.24, 2.45) is 17.6 Å². The Bertz CT molecular complexity index is 305. The number of hydrogen-bond acceptors (Lipinski definition) is 2. The first-order valence-corrected chi connectivity index (χ1v) is 6.48. The number of rotatable bonds is 7. The molecular weight excluding hydrogens is 210 g/mol. The molecule has 0 aliphatic rings. The van der Waals surface area contributed by atoms with Crippen LogP contribution in [0.4, 0.5) is 0 Å². The van der Waals surface area contributed by atoms with Crippen molar-refractivity contribution in [3.05, 3.63) is 29.8 Å². The largest absolute Gasteiger partial charge is 0.497 e. The molecule has 1 unspecified atom stereocenters. The summed E-state index contributed by atoms with van der Waals surface area (Å²) in [5.74, 6) is 2.28. The Kier molecular flexibility index (Phi) is 6.06. The highest BCUT2D eigenvalue weighted by molar-refractivity contribution is 5.27. The third-order valence-electron chi connectivity index (χ3n) is 3.17. The van der Waals surface area contributed by atoms with Gasteiger partial charge in [0, 0.05) is 0 Å². The first-order valence-electron chi connectivity index (χ1n) is 6.48. The van der Waals surface area contributed by atoms with E-state index < -0.39 is 0 Å². The van der Waals surface area contributed by atoms with Gasteiger partial charge in [-0.2, -0.15) is 0 Å². The van der Waals surface area contributed by atoms with Crippen LogP contribution in [0.3, 0.4) is 0 Å². The zero-order valence-corrected chi connectivity index (χ0v) is 11.3. The summed E-state index contributed by atoms with van der Waals surface area (Å²) in [4.78, 5) is 0. The van der Waals surface area contributed by atoms with Crippen LogP contribution in [-0.4, -0.2) is 13.7 Å². The smallest absolute Gasteiger partial charge is 0.118 e. The molecule has 17 heavy (non-hydrogen) atoms. The molecule has 0 bridgehead atoms. The predicted molar refractivity (Wildman–Crippen MR) is 73.3 cm³/mol. The Balaban J connectivity index is 2.48. The lowest BCUT2D eigenvalue weighted by Gasteiger charge is -2.16. The lowest BCUT2D eigenvalue weighted by atomic mass is 9.92. The molecule has 2 nitrogen and oxygen atoms in total. The third-order valence-corrected chi connectivity index (χ3v) is 3.17. The van der Waals surface area contributed by atoms with Crippen LogP contribution >= 0.6 is 0 Å². The van der Waals surface area contributed by atoms with Gasteiger partial charge in [0.05, 0.1) is 7.11 Å². The summed E-state index contributed by atoms with van der Waals surface area (Å²) in [5, 5.41) is 0. The topological polar surface area (TPSA) is 35.2 Å². The number of hydrogen-bond donors (Lipinski definition) is 1. The van der Waals surface area contributed by atoms with E-state index in [9.17, 15) is 0 Å². The first-order chi connectivity index (χ1) is 8.15. The molecular formula is C15H25NO. The molecule has 1 atom stereocenters. The van der Waals surface area contributed by atoms with Gasteiger partial charge in [0.1, 0.15) is 5.75 Å². The van der Waals surface area contributed by atoms with Crippen LogP contribution < -0.4 is 10.5 Å². The minimum Gasteiger partial charge on any atom is -0.497 e. The molecule has 0 amide bonds. The normalized spacial score (nSPS) is 12.8. The average Bonchev–Trinajstić information content (AvgIpc) is 2.35. The van der Waals surface area contributed by atoms with Crippen molar-refractivity contribution in [2.75, 3.05) is 13.7 Å². The summed E-state index contributed by atoms with van der Waals surface area (Å²) in [7, 11) is 1.69. The second-order valence-corrected chi connectivity index (χ2v) is 5.13. The van der Waals surface area contributed by atoms with Gasteiger partial charge >= 0.3 is 0 Å². The van der Waals surface area contributed by atoms with Gasteiger partial charge in [-0.3, -0.25) is 0 Å². The van der Waals surface area contributed by atoms with Gasteiger partial charge in [-0.15, -0.1) is 0 Å². The number of nitrogens with two attached hydrogens (primary N) is 1. The van der Waals surface area contributed by atoms with Crippen molar-refractivity contribution in [3.8, 4) is 5.75 Å². The van der Waals surface area contributed by atoms with Crippen molar-refractivity contribution in [3.63, 3.8) is 0 Å². The van der Waals surface area contributed by atoms with Crippen LogP contribution in [0.5, 0.6) is 5.75 Å². The Labute approximate surface area is 105 Å². The summed E-state index contributed by atoms with van der Waals surface area (Å²) in [6, 6.07) is 8.31. The van der Waals surface area contributed by atoms with Crippen LogP contribution in [0.15, 0.2) is 24.3 Å². The monoisotopic (exact) mass is 235 g/mol. The number of methoxy groups -OCH3 is 1. The van der Waals surface area contributed by atoms with Gasteiger partial charge in [-0.05, 0) is 48.9 Å². The summed E-state index contributed by atoms with van der Waals surface area (Å²) in [6.07, 6.45) is 3.56. The first kappa shape index (κ1) is 14.0. The predicted octanol–water partition coefficient (Wildman–Crippen LogP) is 3.25. The molecule has 0 radical (unpaired) electrons. The average molecular weight is 235 g/mol. The molecule has 1 aromatic rings. The fourth-order valence-electron chi connectivity index (χ4n) is 1.97. The van der Waals surface area contributed by atoms with Crippen LogP contribution in [-0.2, 0) is 6.42 Å². The highest BCUT2D eigenvalue weighted by Crippen LogP contribution is 2.18. The highest BCUT2D eigenvalue weighted by Gasteiger charge is 2.09. The molecule has 0 saturated carbocycles. The summed E-state index contributed by atoms with van der Waals surface area (Å²) >= 11 is 0. The maximum absolute atomic E-state index is 5.84. The molecule has 96 valence electrons. The van der Waals surface area contributed by atoms with Gasteiger partial charge in [0.2, 0.25) is 0 Å². The van der Waals surface area contributed by atoms with Crippen molar-refractivity contribution >= 4 is 0 Å². The van der Waals surface area contributed by atoms with Crippen LogP contribution in [0, 0.1) is 11.8 Å². The molecule has 0 aliphatic carbocycles. The van der Waals surface area contributed by atoms with Crippen molar-refractivity contribution in [2.45, 2.75) is 33.1 Å². The summed E-state index contributed by atoms with van der Waals surface area (Å²) < 4.78 is 5.15. The van der Waals surface area contributed by atoms with E-state index in [1.807, 2.05) is 12.1 Å². The molecule has 0 heterocycles. The SMILES string of the molecule is COc1ccc(CC(CN)CCC(C)C)cc1.